The summed E-state index contributed by atoms with van der Waals surface area (Å²) in [6, 6.07) is 6.69. The molecule has 0 aromatic heterocycles. The first kappa shape index (κ1) is 20.8. The van der Waals surface area contributed by atoms with Crippen LogP contribution in [0.1, 0.15) is 63.4 Å². The fourth-order valence-electron chi connectivity index (χ4n) is 4.90. The Kier molecular flexibility index (Phi) is 6.67. The summed E-state index contributed by atoms with van der Waals surface area (Å²) in [6.07, 6.45) is 8.65. The Balaban J connectivity index is 1.36. The quantitative estimate of drug-likeness (QED) is 0.703. The van der Waals surface area contributed by atoms with Crippen LogP contribution in [0.15, 0.2) is 24.3 Å². The van der Waals surface area contributed by atoms with Gasteiger partial charge < -0.3 is 10.6 Å². The third-order valence-corrected chi connectivity index (χ3v) is 6.52. The highest BCUT2D eigenvalue weighted by Gasteiger charge is 2.42. The first-order valence-corrected chi connectivity index (χ1v) is 11.4. The predicted molar refractivity (Wildman–Crippen MR) is 115 cm³/mol. The summed E-state index contributed by atoms with van der Waals surface area (Å²) in [5.41, 5.74) is 1.87. The molecule has 1 aliphatic carbocycles. The number of hydrogen-bond acceptors (Lipinski definition) is 4. The van der Waals surface area contributed by atoms with Gasteiger partial charge in [-0.2, -0.15) is 0 Å². The summed E-state index contributed by atoms with van der Waals surface area (Å²) in [4.78, 5) is 41.6. The number of carbonyl (C=O) groups excluding carboxylic acids is 3. The van der Waals surface area contributed by atoms with E-state index in [1.54, 1.807) is 0 Å². The van der Waals surface area contributed by atoms with Gasteiger partial charge in [0, 0.05) is 18.3 Å². The van der Waals surface area contributed by atoms with Gasteiger partial charge in [-0.25, -0.2) is 4.79 Å². The van der Waals surface area contributed by atoms with E-state index in [0.29, 0.717) is 0 Å². The van der Waals surface area contributed by atoms with E-state index in [4.69, 9.17) is 0 Å². The van der Waals surface area contributed by atoms with Crippen molar-refractivity contribution in [3.8, 4) is 0 Å². The number of carbonyl (C=O) groups is 3. The molecule has 1 saturated carbocycles. The Morgan fingerprint density at radius 1 is 1.00 bits per heavy atom. The Bertz CT molecular complexity index is 784. The fraction of sp³-hybridized carbons (Fsp3) is 0.609. The van der Waals surface area contributed by atoms with Crippen LogP contribution < -0.4 is 10.6 Å². The van der Waals surface area contributed by atoms with Crippen LogP contribution >= 0.6 is 0 Å². The average molecular weight is 413 g/mol. The molecule has 30 heavy (non-hydrogen) atoms. The Morgan fingerprint density at radius 3 is 2.47 bits per heavy atom. The molecule has 3 fully saturated rings. The summed E-state index contributed by atoms with van der Waals surface area (Å²) in [7, 11) is 0. The van der Waals surface area contributed by atoms with Gasteiger partial charge in [-0.15, -0.1) is 0 Å². The van der Waals surface area contributed by atoms with Crippen LogP contribution in [0.4, 0.5) is 10.5 Å². The monoisotopic (exact) mass is 412 g/mol. The molecule has 0 unspecified atom stereocenters. The minimum atomic E-state index is -0.770. The number of nitrogens with zero attached hydrogens (tertiary/aromatic N) is 2. The molecule has 7 nitrogen and oxygen atoms in total. The molecule has 4 rings (SSSR count). The van der Waals surface area contributed by atoms with Gasteiger partial charge in [0.2, 0.25) is 5.91 Å². The molecular formula is C23H32N4O3. The van der Waals surface area contributed by atoms with Crippen molar-refractivity contribution in [3.05, 3.63) is 29.8 Å². The molecule has 1 aromatic rings. The van der Waals surface area contributed by atoms with Crippen LogP contribution in [0.25, 0.3) is 0 Å². The molecular weight excluding hydrogens is 380 g/mol. The summed E-state index contributed by atoms with van der Waals surface area (Å²) < 4.78 is 0. The number of para-hydroxylation sites is 1. The van der Waals surface area contributed by atoms with Gasteiger partial charge in [-0.3, -0.25) is 19.4 Å². The minimum absolute atomic E-state index is 0.0235. The SMILES string of the molecule is O=C(C[C@H]1NC(=O)N(C2CCCCC2)C1=O)Nc1ccccc1CN1CCCCC1. The van der Waals surface area contributed by atoms with Crippen LogP contribution in [0.5, 0.6) is 0 Å². The summed E-state index contributed by atoms with van der Waals surface area (Å²) in [5, 5.41) is 5.69. The number of amides is 4. The Morgan fingerprint density at radius 2 is 1.70 bits per heavy atom. The normalized spacial score (nSPS) is 23.5. The molecule has 4 amide bonds. The predicted octanol–water partition coefficient (Wildman–Crippen LogP) is 3.25. The molecule has 2 aliphatic heterocycles. The van der Waals surface area contributed by atoms with Gasteiger partial charge >= 0.3 is 6.03 Å². The molecule has 162 valence electrons. The highest BCUT2D eigenvalue weighted by molar-refractivity contribution is 6.07. The van der Waals surface area contributed by atoms with Crippen LogP contribution in [-0.4, -0.2) is 52.8 Å². The summed E-state index contributed by atoms with van der Waals surface area (Å²) in [5.74, 6) is -0.506. The molecule has 1 atom stereocenters. The summed E-state index contributed by atoms with van der Waals surface area (Å²) >= 11 is 0. The van der Waals surface area contributed by atoms with Gasteiger partial charge in [-0.05, 0) is 50.4 Å². The topological polar surface area (TPSA) is 81.8 Å². The lowest BCUT2D eigenvalue weighted by Gasteiger charge is -2.28. The number of piperidine rings is 1. The van der Waals surface area contributed by atoms with Crippen LogP contribution in [-0.2, 0) is 16.1 Å². The number of imide groups is 1. The maximum atomic E-state index is 12.8. The Hall–Kier alpha value is -2.41. The lowest BCUT2D eigenvalue weighted by atomic mass is 9.94. The number of urea groups is 1. The van der Waals surface area contributed by atoms with Crippen molar-refractivity contribution in [1.82, 2.24) is 15.1 Å². The number of anilines is 1. The van der Waals surface area contributed by atoms with Crippen molar-refractivity contribution in [3.63, 3.8) is 0 Å². The maximum absolute atomic E-state index is 12.8. The molecule has 0 spiro atoms. The number of nitrogens with one attached hydrogen (secondary N) is 2. The molecule has 3 aliphatic rings. The van der Waals surface area contributed by atoms with Crippen molar-refractivity contribution in [2.24, 2.45) is 0 Å². The van der Waals surface area contributed by atoms with Crippen LogP contribution in [0.2, 0.25) is 0 Å². The van der Waals surface area contributed by atoms with Crippen molar-refractivity contribution in [2.45, 2.75) is 76.4 Å². The second-order valence-corrected chi connectivity index (χ2v) is 8.75. The first-order valence-electron chi connectivity index (χ1n) is 11.4. The number of rotatable bonds is 6. The van der Waals surface area contributed by atoms with E-state index >= 15 is 0 Å². The van der Waals surface area contributed by atoms with Gasteiger partial charge in [0.1, 0.15) is 6.04 Å². The average Bonchev–Trinajstić information content (AvgIpc) is 3.03. The second kappa shape index (κ2) is 9.60. The van der Waals surface area contributed by atoms with E-state index in [0.717, 1.165) is 63.0 Å². The van der Waals surface area contributed by atoms with E-state index in [2.05, 4.69) is 15.5 Å². The first-order chi connectivity index (χ1) is 14.6. The van der Waals surface area contributed by atoms with Gasteiger partial charge in [0.05, 0.1) is 6.42 Å². The molecule has 2 saturated heterocycles. The summed E-state index contributed by atoms with van der Waals surface area (Å²) in [6.45, 7) is 2.98. The number of benzene rings is 1. The lowest BCUT2D eigenvalue weighted by Crippen LogP contribution is -2.42. The molecule has 2 N–H and O–H groups in total. The Labute approximate surface area is 178 Å². The molecule has 0 bridgehead atoms. The van der Waals surface area contributed by atoms with E-state index in [-0.39, 0.29) is 30.3 Å². The van der Waals surface area contributed by atoms with Crippen molar-refractivity contribution in [1.29, 1.82) is 0 Å². The van der Waals surface area contributed by atoms with Gasteiger partial charge in [-0.1, -0.05) is 43.9 Å². The van der Waals surface area contributed by atoms with Crippen LogP contribution in [0, 0.1) is 0 Å². The van der Waals surface area contributed by atoms with Crippen molar-refractivity contribution < 1.29 is 14.4 Å². The highest BCUT2D eigenvalue weighted by atomic mass is 16.2. The minimum Gasteiger partial charge on any atom is -0.326 e. The number of likely N-dealkylation sites (tertiary alicyclic amines) is 1. The van der Waals surface area contributed by atoms with E-state index < -0.39 is 6.04 Å². The number of hydrogen-bond donors (Lipinski definition) is 2. The van der Waals surface area contributed by atoms with Crippen molar-refractivity contribution >= 4 is 23.5 Å². The third-order valence-electron chi connectivity index (χ3n) is 6.52. The zero-order valence-corrected chi connectivity index (χ0v) is 17.6. The van der Waals surface area contributed by atoms with Gasteiger partial charge in [0.25, 0.3) is 5.91 Å². The molecule has 7 heteroatoms. The van der Waals surface area contributed by atoms with Crippen LogP contribution in [0.3, 0.4) is 0 Å². The van der Waals surface area contributed by atoms with E-state index in [1.807, 2.05) is 24.3 Å². The maximum Gasteiger partial charge on any atom is 0.325 e. The zero-order chi connectivity index (χ0) is 20.9. The smallest absolute Gasteiger partial charge is 0.325 e. The van der Waals surface area contributed by atoms with E-state index in [1.165, 1.54) is 24.2 Å². The largest absolute Gasteiger partial charge is 0.326 e. The molecule has 0 radical (unpaired) electrons. The third kappa shape index (κ3) is 4.83. The van der Waals surface area contributed by atoms with Gasteiger partial charge in [0.15, 0.2) is 0 Å². The van der Waals surface area contributed by atoms with E-state index in [9.17, 15) is 14.4 Å². The van der Waals surface area contributed by atoms with Crippen molar-refractivity contribution in [2.75, 3.05) is 18.4 Å². The molecule has 1 aromatic carbocycles. The second-order valence-electron chi connectivity index (χ2n) is 8.75. The zero-order valence-electron chi connectivity index (χ0n) is 17.6. The standard InChI is InChI=1S/C23H32N4O3/c28-21(15-20-22(29)27(23(30)25-20)18-10-3-1-4-11-18)24-19-12-6-5-9-17(19)16-26-13-7-2-8-14-26/h5-6,9,12,18,20H,1-4,7-8,10-11,13-16H2,(H,24,28)(H,25,30)/t20-/m1/s1. The molecule has 2 heterocycles. The lowest BCUT2D eigenvalue weighted by molar-refractivity contribution is -0.131. The highest BCUT2D eigenvalue weighted by Crippen LogP contribution is 2.26. The fourth-order valence-corrected chi connectivity index (χ4v) is 4.90.